The van der Waals surface area contributed by atoms with Crippen LogP contribution in [0.2, 0.25) is 0 Å². The van der Waals surface area contributed by atoms with E-state index >= 15 is 0 Å². The zero-order valence-electron chi connectivity index (χ0n) is 38.4. The van der Waals surface area contributed by atoms with Crippen LogP contribution in [-0.4, -0.2) is 121 Å². The summed E-state index contributed by atoms with van der Waals surface area (Å²) in [5, 5.41) is 3.95. The molecule has 0 bridgehead atoms. The highest BCUT2D eigenvalue weighted by Gasteiger charge is 2.46. The molecular formula is C51H64N8O6. The van der Waals surface area contributed by atoms with Crippen LogP contribution < -0.4 is 30.1 Å². The first-order valence-corrected chi connectivity index (χ1v) is 24.1. The standard InChI is InChI=1S/C51H64N8O6/c1-4-5-6-16-57-31-41(39-26-46(56-17-7-18-56)52-27-40(39)49(57)62)36-23-44(64-2)42(45(24-36)65-3)30-54-19-12-34(13-20-54)28-55-21-14-51(15-22-55)32-58(33-51)37-9-8-35-29-59(50(63)38(35)25-37)43-10-11-47(60)53-48(43)61/h8-9,23-27,31,34,43H,4-7,10-22,28-30,32-33H2,1-3H3,(H,53,60,61). The minimum absolute atomic E-state index is 0.00660. The minimum Gasteiger partial charge on any atom is -0.496 e. The molecule has 2 aromatic carbocycles. The maximum atomic E-state index is 13.7. The SMILES string of the molecule is CCCCCn1cc(-c2cc(OC)c(CN3CCC(CN4CCC5(CC4)CN(c4ccc6c(c4)C(=O)N(C4CCC(=O)NC4=O)C6)C5)CC3)c(OC)c2)c2cc(N3CCC3)ncc2c1=O. The van der Waals surface area contributed by atoms with Gasteiger partial charge in [0.1, 0.15) is 23.4 Å². The lowest BCUT2D eigenvalue weighted by Gasteiger charge is -2.55. The first-order chi connectivity index (χ1) is 31.6. The molecule has 2 aromatic heterocycles. The van der Waals surface area contributed by atoms with E-state index in [4.69, 9.17) is 14.5 Å². The lowest BCUT2D eigenvalue weighted by molar-refractivity contribution is -0.136. The van der Waals surface area contributed by atoms with Gasteiger partial charge in [-0.1, -0.05) is 25.8 Å². The summed E-state index contributed by atoms with van der Waals surface area (Å²) in [6, 6.07) is 11.9. The Morgan fingerprint density at radius 1 is 0.815 bits per heavy atom. The maximum Gasteiger partial charge on any atom is 0.260 e. The van der Waals surface area contributed by atoms with Crippen molar-refractivity contribution in [1.29, 1.82) is 0 Å². The molecule has 6 aliphatic rings. The molecule has 14 heteroatoms. The van der Waals surface area contributed by atoms with Crippen molar-refractivity contribution >= 4 is 40.0 Å². The monoisotopic (exact) mass is 884 g/mol. The Bertz CT molecular complexity index is 2500. The van der Waals surface area contributed by atoms with E-state index in [1.165, 1.54) is 12.8 Å². The fraction of sp³-hybridized carbons (Fsp3) is 0.549. The number of ether oxygens (including phenoxy) is 2. The summed E-state index contributed by atoms with van der Waals surface area (Å²) in [7, 11) is 3.48. The van der Waals surface area contributed by atoms with E-state index in [-0.39, 0.29) is 29.7 Å². The summed E-state index contributed by atoms with van der Waals surface area (Å²) in [5.74, 6) is 2.43. The van der Waals surface area contributed by atoms with E-state index < -0.39 is 6.04 Å². The number of aryl methyl sites for hydroxylation is 1. The Labute approximate surface area is 381 Å². The number of pyridine rings is 2. The zero-order valence-corrected chi connectivity index (χ0v) is 38.4. The number of rotatable bonds is 14. The number of piperidine rings is 3. The molecule has 0 radical (unpaired) electrons. The van der Waals surface area contributed by atoms with Gasteiger partial charge >= 0.3 is 0 Å². The fourth-order valence-electron chi connectivity index (χ4n) is 11.3. The molecule has 1 atom stereocenters. The van der Waals surface area contributed by atoms with Crippen LogP contribution in [0.5, 0.6) is 11.5 Å². The van der Waals surface area contributed by atoms with Crippen LogP contribution >= 0.6 is 0 Å². The van der Waals surface area contributed by atoms with Gasteiger partial charge in [-0.05, 0) is 119 Å². The van der Waals surface area contributed by atoms with Gasteiger partial charge in [0.25, 0.3) is 11.5 Å². The second kappa shape index (κ2) is 18.1. The molecule has 344 valence electrons. The number of hydrogen-bond donors (Lipinski definition) is 1. The lowest BCUT2D eigenvalue weighted by atomic mass is 9.71. The number of nitrogens with zero attached hydrogens (tertiary/aromatic N) is 7. The molecule has 1 unspecified atom stereocenters. The number of benzene rings is 2. The van der Waals surface area contributed by atoms with Crippen LogP contribution in [0.15, 0.2) is 53.6 Å². The van der Waals surface area contributed by atoms with Gasteiger partial charge in [0.05, 0.1) is 25.2 Å². The first-order valence-electron chi connectivity index (χ1n) is 24.1. The number of carbonyl (C=O) groups excluding carboxylic acids is 3. The second-order valence-corrected chi connectivity index (χ2v) is 19.7. The Morgan fingerprint density at radius 2 is 1.57 bits per heavy atom. The molecular weight excluding hydrogens is 821 g/mol. The summed E-state index contributed by atoms with van der Waals surface area (Å²) in [5.41, 5.74) is 6.05. The fourth-order valence-corrected chi connectivity index (χ4v) is 11.3. The molecule has 5 saturated heterocycles. The van der Waals surface area contributed by atoms with Crippen molar-refractivity contribution in [2.45, 2.75) is 96.8 Å². The molecule has 4 aromatic rings. The predicted octanol–water partition coefficient (Wildman–Crippen LogP) is 6.06. The molecule has 1 N–H and O–H groups in total. The maximum absolute atomic E-state index is 13.7. The van der Waals surface area contributed by atoms with Crippen LogP contribution in [0.1, 0.15) is 92.6 Å². The van der Waals surface area contributed by atoms with Crippen molar-refractivity contribution in [3.8, 4) is 22.6 Å². The third-order valence-electron chi connectivity index (χ3n) is 15.5. The van der Waals surface area contributed by atoms with Crippen LogP contribution in [-0.2, 0) is 29.2 Å². The van der Waals surface area contributed by atoms with E-state index in [9.17, 15) is 19.2 Å². The Hall–Kier alpha value is -5.47. The van der Waals surface area contributed by atoms with Crippen LogP contribution in [0, 0.1) is 11.3 Å². The normalized spacial score (nSPS) is 21.4. The predicted molar refractivity (Wildman–Crippen MR) is 252 cm³/mol. The zero-order chi connectivity index (χ0) is 44.8. The van der Waals surface area contributed by atoms with Gasteiger partial charge < -0.3 is 33.6 Å². The molecule has 10 rings (SSSR count). The van der Waals surface area contributed by atoms with Crippen molar-refractivity contribution < 1.29 is 23.9 Å². The van der Waals surface area contributed by atoms with Gasteiger partial charge in [-0.3, -0.25) is 29.4 Å². The Kier molecular flexibility index (Phi) is 12.1. The number of methoxy groups -OCH3 is 2. The topological polar surface area (TPSA) is 133 Å². The quantitative estimate of drug-likeness (QED) is 0.117. The summed E-state index contributed by atoms with van der Waals surface area (Å²) >= 11 is 0. The Morgan fingerprint density at radius 3 is 2.25 bits per heavy atom. The van der Waals surface area contributed by atoms with Crippen molar-refractivity contribution in [1.82, 2.24) is 29.6 Å². The number of carbonyl (C=O) groups is 3. The van der Waals surface area contributed by atoms with Gasteiger partial charge in [-0.25, -0.2) is 4.98 Å². The van der Waals surface area contributed by atoms with Gasteiger partial charge in [0.15, 0.2) is 0 Å². The van der Waals surface area contributed by atoms with Gasteiger partial charge in [-0.15, -0.1) is 0 Å². The third kappa shape index (κ3) is 8.48. The molecule has 6 aliphatic heterocycles. The average molecular weight is 885 g/mol. The number of aromatic nitrogens is 2. The van der Waals surface area contributed by atoms with E-state index in [1.54, 1.807) is 25.3 Å². The number of likely N-dealkylation sites (tertiary alicyclic amines) is 2. The number of fused-ring (bicyclic) bond motifs is 2. The van der Waals surface area contributed by atoms with Gasteiger partial charge in [-0.2, -0.15) is 0 Å². The minimum atomic E-state index is -0.590. The molecule has 5 fully saturated rings. The van der Waals surface area contributed by atoms with Crippen LogP contribution in [0.4, 0.5) is 11.5 Å². The average Bonchev–Trinajstić information content (AvgIpc) is 3.61. The highest BCUT2D eigenvalue weighted by molar-refractivity contribution is 6.05. The molecule has 8 heterocycles. The molecule has 0 saturated carbocycles. The summed E-state index contributed by atoms with van der Waals surface area (Å²) in [4.78, 5) is 67.6. The largest absolute Gasteiger partial charge is 0.496 e. The molecule has 14 nitrogen and oxygen atoms in total. The van der Waals surface area contributed by atoms with Crippen LogP contribution in [0.3, 0.4) is 0 Å². The molecule has 3 amide bonds. The number of imide groups is 1. The number of amides is 3. The molecule has 0 aliphatic carbocycles. The highest BCUT2D eigenvalue weighted by atomic mass is 16.5. The molecule has 1 spiro atoms. The smallest absolute Gasteiger partial charge is 0.260 e. The van der Waals surface area contributed by atoms with Crippen LogP contribution in [0.25, 0.3) is 21.9 Å². The third-order valence-corrected chi connectivity index (χ3v) is 15.5. The highest BCUT2D eigenvalue weighted by Crippen LogP contribution is 2.44. The second-order valence-electron chi connectivity index (χ2n) is 19.7. The van der Waals surface area contributed by atoms with Crippen molar-refractivity contribution in [2.75, 3.05) is 82.9 Å². The summed E-state index contributed by atoms with van der Waals surface area (Å²) in [6.07, 6.45) is 13.4. The number of hydrogen-bond acceptors (Lipinski definition) is 11. The molecule has 65 heavy (non-hydrogen) atoms. The summed E-state index contributed by atoms with van der Waals surface area (Å²) < 4.78 is 14.1. The van der Waals surface area contributed by atoms with Gasteiger partial charge in [0, 0.05) is 98.8 Å². The Balaban J connectivity index is 0.741. The number of anilines is 2. The first kappa shape index (κ1) is 43.4. The van der Waals surface area contributed by atoms with E-state index in [0.29, 0.717) is 41.8 Å². The number of unbranched alkanes of at least 4 members (excludes halogenated alkanes) is 2. The van der Waals surface area contributed by atoms with Crippen molar-refractivity contribution in [3.63, 3.8) is 0 Å². The number of nitrogens with one attached hydrogen (secondary N) is 1. The van der Waals surface area contributed by atoms with Gasteiger partial charge in [0.2, 0.25) is 11.8 Å². The van der Waals surface area contributed by atoms with Crippen molar-refractivity contribution in [3.05, 3.63) is 75.8 Å². The van der Waals surface area contributed by atoms with E-state index in [2.05, 4.69) is 56.1 Å². The van der Waals surface area contributed by atoms with Crippen molar-refractivity contribution in [2.24, 2.45) is 11.3 Å². The lowest BCUT2D eigenvalue weighted by Crippen LogP contribution is -2.60. The van der Waals surface area contributed by atoms with E-state index in [1.807, 2.05) is 22.9 Å². The summed E-state index contributed by atoms with van der Waals surface area (Å²) in [6.45, 7) is 13.4. The van der Waals surface area contributed by atoms with E-state index in [0.717, 1.165) is 155 Å².